The van der Waals surface area contributed by atoms with Crippen LogP contribution in [0.3, 0.4) is 0 Å². The Bertz CT molecular complexity index is 1300. The predicted molar refractivity (Wildman–Crippen MR) is 152 cm³/mol. The van der Waals surface area contributed by atoms with Gasteiger partial charge in [0.05, 0.1) is 6.42 Å². The van der Waals surface area contributed by atoms with Gasteiger partial charge in [0.2, 0.25) is 23.6 Å². The molecule has 18 nitrogen and oxygen atoms in total. The smallest absolute Gasteiger partial charge is 0.481 e. The van der Waals surface area contributed by atoms with Gasteiger partial charge in [-0.3, -0.25) is 33.8 Å². The lowest BCUT2D eigenvalue weighted by Crippen LogP contribution is -2.56. The lowest BCUT2D eigenvalue weighted by atomic mass is 9.99. The number of carbonyl (C=O) groups is 7. The summed E-state index contributed by atoms with van der Waals surface area (Å²) in [6.45, 7) is 4.36. The molecule has 0 spiro atoms. The van der Waals surface area contributed by atoms with E-state index in [1.807, 2.05) is 0 Å². The average Bonchev–Trinajstić information content (AvgIpc) is 2.92. The summed E-state index contributed by atoms with van der Waals surface area (Å²) in [5.41, 5.74) is 0.377. The normalized spacial score (nSPS) is 14.4. The van der Waals surface area contributed by atoms with Gasteiger partial charge in [0.15, 0.2) is 0 Å². The Balaban J connectivity index is 3.12. The first-order valence-electron chi connectivity index (χ1n) is 13.5. The molecule has 0 aliphatic heterocycles. The lowest BCUT2D eigenvalue weighted by molar-refractivity contribution is -0.146. The Morgan fingerprint density at radius 1 is 0.822 bits per heavy atom. The van der Waals surface area contributed by atoms with Crippen molar-refractivity contribution in [3.05, 3.63) is 29.8 Å². The van der Waals surface area contributed by atoms with Crippen LogP contribution in [0.2, 0.25) is 0 Å². The lowest BCUT2D eigenvalue weighted by Gasteiger charge is -2.25. The zero-order valence-electron chi connectivity index (χ0n) is 24.6. The quantitative estimate of drug-likeness (QED) is 0.0816. The highest BCUT2D eigenvalue weighted by molar-refractivity contribution is 7.46. The molecular weight excluding hydrogens is 623 g/mol. The third kappa shape index (κ3) is 14.7. The van der Waals surface area contributed by atoms with Crippen molar-refractivity contribution >= 4 is 49.4 Å². The monoisotopic (exact) mass is 660 g/mol. The number of phosphoric acid groups is 1. The number of aliphatic carboxylic acids is 3. The number of phosphoric ester groups is 1. The molecule has 0 aliphatic rings. The van der Waals surface area contributed by atoms with Crippen LogP contribution in [0.15, 0.2) is 24.3 Å². The summed E-state index contributed by atoms with van der Waals surface area (Å²) in [7, 11) is -4.83. The molecule has 4 amide bonds. The fourth-order valence-electron chi connectivity index (χ4n) is 3.90. The van der Waals surface area contributed by atoms with Gasteiger partial charge in [0, 0.05) is 19.8 Å². The molecule has 0 unspecified atom stereocenters. The van der Waals surface area contributed by atoms with E-state index in [1.54, 1.807) is 13.8 Å². The second kappa shape index (κ2) is 17.7. The topological polar surface area (TPSA) is 295 Å². The molecule has 0 heterocycles. The number of hydrogen-bond donors (Lipinski definition) is 9. The highest BCUT2D eigenvalue weighted by atomic mass is 31.2. The van der Waals surface area contributed by atoms with Crippen molar-refractivity contribution in [2.24, 2.45) is 5.92 Å². The molecule has 1 aromatic carbocycles. The van der Waals surface area contributed by atoms with Crippen molar-refractivity contribution in [1.29, 1.82) is 0 Å². The maximum absolute atomic E-state index is 13.2. The van der Waals surface area contributed by atoms with Crippen LogP contribution in [-0.4, -0.2) is 90.8 Å². The van der Waals surface area contributed by atoms with E-state index in [-0.39, 0.29) is 12.2 Å². The van der Waals surface area contributed by atoms with Crippen molar-refractivity contribution in [3.63, 3.8) is 0 Å². The molecule has 0 bridgehead atoms. The van der Waals surface area contributed by atoms with Gasteiger partial charge in [0.25, 0.3) is 0 Å². The van der Waals surface area contributed by atoms with E-state index in [0.29, 0.717) is 12.0 Å². The minimum absolute atomic E-state index is 0.182. The van der Waals surface area contributed by atoms with Crippen LogP contribution in [0, 0.1) is 5.92 Å². The van der Waals surface area contributed by atoms with E-state index in [2.05, 4.69) is 25.8 Å². The summed E-state index contributed by atoms with van der Waals surface area (Å²) in [6.07, 6.45) is -1.85. The van der Waals surface area contributed by atoms with E-state index in [9.17, 15) is 48.3 Å². The Morgan fingerprint density at radius 2 is 1.38 bits per heavy atom. The van der Waals surface area contributed by atoms with Crippen LogP contribution < -0.4 is 25.8 Å². The summed E-state index contributed by atoms with van der Waals surface area (Å²) < 4.78 is 15.5. The summed E-state index contributed by atoms with van der Waals surface area (Å²) >= 11 is 0. The maximum atomic E-state index is 13.2. The highest BCUT2D eigenvalue weighted by Gasteiger charge is 2.32. The van der Waals surface area contributed by atoms with Crippen LogP contribution in [0.1, 0.15) is 52.0 Å². The molecule has 0 aromatic heterocycles. The Hall–Kier alpha value is -4.54. The average molecular weight is 661 g/mol. The Labute approximate surface area is 257 Å². The first kappa shape index (κ1) is 38.5. The minimum atomic E-state index is -4.83. The molecule has 0 saturated heterocycles. The van der Waals surface area contributed by atoms with Gasteiger partial charge in [-0.15, -0.1) is 0 Å². The Morgan fingerprint density at radius 3 is 1.84 bits per heavy atom. The minimum Gasteiger partial charge on any atom is -0.481 e. The molecule has 0 fully saturated rings. The number of nitrogens with one attached hydrogen (secondary N) is 4. The van der Waals surface area contributed by atoms with Gasteiger partial charge in [0.1, 0.15) is 29.9 Å². The molecule has 1 aromatic rings. The van der Waals surface area contributed by atoms with Crippen molar-refractivity contribution in [2.75, 3.05) is 0 Å². The first-order valence-corrected chi connectivity index (χ1v) is 15.0. The third-order valence-electron chi connectivity index (χ3n) is 6.36. The van der Waals surface area contributed by atoms with Crippen molar-refractivity contribution in [3.8, 4) is 5.75 Å². The molecule has 5 atom stereocenters. The Kier molecular flexibility index (Phi) is 15.1. The van der Waals surface area contributed by atoms with Gasteiger partial charge in [-0.1, -0.05) is 32.4 Å². The molecule has 0 radical (unpaired) electrons. The highest BCUT2D eigenvalue weighted by Crippen LogP contribution is 2.37. The molecular formula is C26H37N4O14P. The predicted octanol–water partition coefficient (Wildman–Crippen LogP) is -0.870. The molecule has 1 rings (SSSR count). The van der Waals surface area contributed by atoms with Gasteiger partial charge in [-0.2, -0.15) is 0 Å². The van der Waals surface area contributed by atoms with E-state index < -0.39 is 98.7 Å². The van der Waals surface area contributed by atoms with Crippen molar-refractivity contribution < 1.29 is 67.8 Å². The number of carboxylic acids is 3. The van der Waals surface area contributed by atoms with Crippen LogP contribution in [0.4, 0.5) is 0 Å². The molecule has 45 heavy (non-hydrogen) atoms. The van der Waals surface area contributed by atoms with Gasteiger partial charge in [-0.05, 0) is 30.0 Å². The molecule has 9 N–H and O–H groups in total. The van der Waals surface area contributed by atoms with Gasteiger partial charge >= 0.3 is 25.7 Å². The summed E-state index contributed by atoms with van der Waals surface area (Å²) in [5.74, 6) is -8.82. The van der Waals surface area contributed by atoms with Crippen LogP contribution >= 0.6 is 7.82 Å². The van der Waals surface area contributed by atoms with Crippen molar-refractivity contribution in [2.45, 2.75) is 77.0 Å². The molecule has 0 saturated carbocycles. The van der Waals surface area contributed by atoms with Gasteiger partial charge in [-0.25, -0.2) is 14.2 Å². The van der Waals surface area contributed by atoms with Crippen molar-refractivity contribution in [1.82, 2.24) is 21.3 Å². The molecule has 0 aliphatic carbocycles. The molecule has 19 heteroatoms. The van der Waals surface area contributed by atoms with Crippen LogP contribution in [0.25, 0.3) is 0 Å². The standard InChI is InChI=1S/C26H37N4O14P/c1-4-13(2)22(26(39)40)30-20(32)12-19(25(37)38)29-23(35)17(9-10-21(33)34)28-24(36)18(27-14(3)31)11-15-5-7-16(8-6-15)44-45(41,42)43/h5-8,13,17-19,22H,4,9-12H2,1-3H3,(H,27,31)(H,28,36)(H,29,35)(H,30,32)(H,33,34)(H,37,38)(H,39,40)(H2,41,42,43)/t13-,17-,18-,19-,22-/m0/s1. The zero-order valence-corrected chi connectivity index (χ0v) is 25.5. The largest absolute Gasteiger partial charge is 0.524 e. The number of hydrogen-bond acceptors (Lipinski definition) is 9. The molecule has 250 valence electrons. The fraction of sp³-hybridized carbons (Fsp3) is 0.500. The van der Waals surface area contributed by atoms with Crippen LogP contribution in [0.5, 0.6) is 5.75 Å². The summed E-state index contributed by atoms with van der Waals surface area (Å²) in [6, 6.07) is -1.09. The SMILES string of the molecule is CC[C@H](C)[C@H](NC(=O)C[C@H](NC(=O)[C@H](CCC(=O)O)NC(=O)[C@H](Cc1ccc(OP(=O)(O)O)cc1)NC(C)=O)C(=O)O)C(=O)O. The summed E-state index contributed by atoms with van der Waals surface area (Å²) in [4.78, 5) is 103. The zero-order chi connectivity index (χ0) is 34.5. The van der Waals surface area contributed by atoms with Crippen LogP contribution in [-0.2, 0) is 44.5 Å². The number of carboxylic acid groups (broad SMARTS) is 3. The van der Waals surface area contributed by atoms with E-state index >= 15 is 0 Å². The maximum Gasteiger partial charge on any atom is 0.524 e. The number of amides is 4. The third-order valence-corrected chi connectivity index (χ3v) is 6.81. The fourth-order valence-corrected chi connectivity index (χ4v) is 4.29. The van der Waals surface area contributed by atoms with Gasteiger partial charge < -0.3 is 41.1 Å². The number of rotatable bonds is 19. The number of benzene rings is 1. The second-order valence-electron chi connectivity index (χ2n) is 10.0. The van der Waals surface area contributed by atoms with E-state index in [0.717, 1.165) is 6.92 Å². The van der Waals surface area contributed by atoms with E-state index in [4.69, 9.17) is 14.9 Å². The summed E-state index contributed by atoms with van der Waals surface area (Å²) in [5, 5.41) is 37.0. The first-order chi connectivity index (χ1) is 20.8. The van der Waals surface area contributed by atoms with E-state index in [1.165, 1.54) is 24.3 Å². The number of carbonyl (C=O) groups excluding carboxylic acids is 4. The second-order valence-corrected chi connectivity index (χ2v) is 11.2.